The summed E-state index contributed by atoms with van der Waals surface area (Å²) in [7, 11) is 0. The molecule has 10 aromatic rings. The summed E-state index contributed by atoms with van der Waals surface area (Å²) in [6.45, 7) is 12.8. The van der Waals surface area contributed by atoms with Crippen LogP contribution in [0.4, 0.5) is 0 Å². The van der Waals surface area contributed by atoms with Crippen LogP contribution in [0.15, 0.2) is 218 Å². The molecule has 0 fully saturated rings. The minimum absolute atomic E-state index is 0.273. The van der Waals surface area contributed by atoms with Crippen LogP contribution in [0.25, 0.3) is 43.4 Å². The number of fused-ring (bicyclic) bond motifs is 6. The molecule has 0 heterocycles. The average molecular weight is 877 g/mol. The molecule has 1 aliphatic carbocycles. The minimum Gasteiger partial charge on any atom is -0.508 e. The highest BCUT2D eigenvalue weighted by atomic mass is 16.3. The molecule has 1 aliphatic rings. The molecule has 0 unspecified atom stereocenters. The van der Waals surface area contributed by atoms with Crippen molar-refractivity contribution >= 4 is 32.3 Å². The van der Waals surface area contributed by atoms with Gasteiger partial charge in [-0.15, -0.1) is 0 Å². The number of aromatic hydroxyl groups is 2. The predicted octanol–water partition coefficient (Wildman–Crippen LogP) is 17.3. The van der Waals surface area contributed by atoms with Crippen LogP contribution in [0, 0.1) is 0 Å². The first-order valence-electron chi connectivity index (χ1n) is 24.1. The lowest BCUT2D eigenvalue weighted by molar-refractivity contribution is 0.475. The number of benzene rings is 10. The molecule has 2 N–H and O–H groups in total. The Kier molecular flexibility index (Phi) is 16.1. The molecule has 0 bridgehead atoms. The van der Waals surface area contributed by atoms with Crippen LogP contribution in [0.2, 0.25) is 0 Å². The average Bonchev–Trinajstić information content (AvgIpc) is 3.70. The first-order valence-corrected chi connectivity index (χ1v) is 24.1. The number of phenols is 2. The Morgan fingerprint density at radius 2 is 0.612 bits per heavy atom. The van der Waals surface area contributed by atoms with Gasteiger partial charge in [0.05, 0.1) is 5.41 Å². The van der Waals surface area contributed by atoms with Crippen LogP contribution in [0.1, 0.15) is 86.1 Å². The van der Waals surface area contributed by atoms with Gasteiger partial charge in [-0.05, 0) is 150 Å². The molecule has 0 aliphatic heterocycles. The van der Waals surface area contributed by atoms with Gasteiger partial charge in [0.1, 0.15) is 11.5 Å². The molecule has 336 valence electrons. The Morgan fingerprint density at radius 1 is 0.299 bits per heavy atom. The van der Waals surface area contributed by atoms with Crippen LogP contribution < -0.4 is 0 Å². The number of hydrogen-bond donors (Lipinski definition) is 2. The van der Waals surface area contributed by atoms with Gasteiger partial charge < -0.3 is 10.2 Å². The maximum absolute atomic E-state index is 10.0. The first kappa shape index (κ1) is 47.5. The van der Waals surface area contributed by atoms with Crippen molar-refractivity contribution in [2.24, 2.45) is 0 Å². The zero-order valence-corrected chi connectivity index (χ0v) is 40.0. The molecule has 0 amide bonds. The van der Waals surface area contributed by atoms with E-state index in [-0.39, 0.29) is 11.5 Å². The van der Waals surface area contributed by atoms with Crippen molar-refractivity contribution in [3.8, 4) is 22.6 Å². The monoisotopic (exact) mass is 876 g/mol. The molecule has 10 aromatic carbocycles. The summed E-state index contributed by atoms with van der Waals surface area (Å²) >= 11 is 0. The van der Waals surface area contributed by atoms with Crippen molar-refractivity contribution < 1.29 is 10.2 Å². The molecule has 67 heavy (non-hydrogen) atoms. The quantitative estimate of drug-likeness (QED) is 0.175. The summed E-state index contributed by atoms with van der Waals surface area (Å²) in [5.74, 6) is 0.545. The van der Waals surface area contributed by atoms with Crippen molar-refractivity contribution in [3.05, 3.63) is 263 Å². The third-order valence-electron chi connectivity index (χ3n) is 12.7. The van der Waals surface area contributed by atoms with Crippen LogP contribution >= 0.6 is 0 Å². The van der Waals surface area contributed by atoms with Gasteiger partial charge in [-0.1, -0.05) is 224 Å². The predicted molar refractivity (Wildman–Crippen MR) is 288 cm³/mol. The van der Waals surface area contributed by atoms with E-state index >= 15 is 0 Å². The van der Waals surface area contributed by atoms with Gasteiger partial charge in [0.2, 0.25) is 0 Å². The largest absolute Gasteiger partial charge is 0.508 e. The zero-order valence-electron chi connectivity index (χ0n) is 40.0. The normalized spacial score (nSPS) is 11.6. The minimum atomic E-state index is -0.495. The summed E-state index contributed by atoms with van der Waals surface area (Å²) in [5.41, 5.74) is 12.7. The van der Waals surface area contributed by atoms with Crippen molar-refractivity contribution in [3.63, 3.8) is 0 Å². The van der Waals surface area contributed by atoms with Crippen LogP contribution in [0.3, 0.4) is 0 Å². The Labute approximate surface area is 398 Å². The highest BCUT2D eigenvalue weighted by molar-refractivity contribution is 5.92. The lowest BCUT2D eigenvalue weighted by atomic mass is 9.67. The Balaban J connectivity index is 0.000000168. The van der Waals surface area contributed by atoms with Gasteiger partial charge in [-0.2, -0.15) is 0 Å². The van der Waals surface area contributed by atoms with Gasteiger partial charge in [-0.3, -0.25) is 0 Å². The van der Waals surface area contributed by atoms with Gasteiger partial charge in [-0.25, -0.2) is 0 Å². The summed E-state index contributed by atoms with van der Waals surface area (Å²) in [5, 5.41) is 26.8. The van der Waals surface area contributed by atoms with Gasteiger partial charge in [0.25, 0.3) is 0 Å². The number of rotatable bonds is 6. The summed E-state index contributed by atoms with van der Waals surface area (Å²) < 4.78 is 0. The van der Waals surface area contributed by atoms with Crippen molar-refractivity contribution in [1.82, 2.24) is 0 Å². The zero-order chi connectivity index (χ0) is 47.2. The van der Waals surface area contributed by atoms with E-state index in [1.54, 1.807) is 12.1 Å². The maximum atomic E-state index is 10.0. The van der Waals surface area contributed by atoms with Crippen LogP contribution in [-0.2, 0) is 31.1 Å². The van der Waals surface area contributed by atoms with E-state index in [0.29, 0.717) is 0 Å². The van der Waals surface area contributed by atoms with E-state index in [1.165, 1.54) is 66.4 Å². The number of phenolic OH excluding ortho intramolecular Hbond substituents is 2. The fourth-order valence-electron chi connectivity index (χ4n) is 9.23. The van der Waals surface area contributed by atoms with E-state index in [9.17, 15) is 10.2 Å². The number of aryl methyl sites for hydroxylation is 4. The molecule has 0 spiro atoms. The Hall–Kier alpha value is -7.42. The van der Waals surface area contributed by atoms with E-state index in [2.05, 4.69) is 210 Å². The SMILES string of the molecule is CC.CCc1cccc(CC)c1.CCc1cccc(CC)c1.Oc1ccc2cc(C3(c4ccc5cc(O)ccc5c4)c4ccccc4-c4ccccc43)ccc2c1.c1ccc2ccccc2c1. The second-order valence-electron chi connectivity index (χ2n) is 16.7. The Bertz CT molecular complexity index is 2910. The van der Waals surface area contributed by atoms with E-state index in [4.69, 9.17) is 0 Å². The molecular weight excluding hydrogens is 813 g/mol. The molecule has 2 nitrogen and oxygen atoms in total. The lowest BCUT2D eigenvalue weighted by Gasteiger charge is -2.34. The molecule has 2 heteroatoms. The fraction of sp³-hybridized carbons (Fsp3) is 0.169. The smallest absolute Gasteiger partial charge is 0.116 e. The van der Waals surface area contributed by atoms with Crippen LogP contribution in [-0.4, -0.2) is 10.2 Å². The van der Waals surface area contributed by atoms with E-state index in [0.717, 1.165) is 47.2 Å². The van der Waals surface area contributed by atoms with Crippen molar-refractivity contribution in [2.75, 3.05) is 0 Å². The second kappa shape index (κ2) is 22.7. The molecule has 0 atom stereocenters. The van der Waals surface area contributed by atoms with Crippen molar-refractivity contribution in [1.29, 1.82) is 0 Å². The van der Waals surface area contributed by atoms with E-state index < -0.39 is 5.41 Å². The second-order valence-corrected chi connectivity index (χ2v) is 16.7. The molecule has 0 radical (unpaired) electrons. The van der Waals surface area contributed by atoms with E-state index in [1.807, 2.05) is 38.1 Å². The fourth-order valence-corrected chi connectivity index (χ4v) is 9.23. The maximum Gasteiger partial charge on any atom is 0.116 e. The summed E-state index contributed by atoms with van der Waals surface area (Å²) in [4.78, 5) is 0. The third-order valence-corrected chi connectivity index (χ3v) is 12.7. The molecule has 0 saturated heterocycles. The highest BCUT2D eigenvalue weighted by Crippen LogP contribution is 2.56. The van der Waals surface area contributed by atoms with Crippen molar-refractivity contribution in [2.45, 2.75) is 72.6 Å². The third kappa shape index (κ3) is 10.7. The molecule has 11 rings (SSSR count). The van der Waals surface area contributed by atoms with Gasteiger partial charge >= 0.3 is 0 Å². The van der Waals surface area contributed by atoms with Gasteiger partial charge in [0.15, 0.2) is 0 Å². The summed E-state index contributed by atoms with van der Waals surface area (Å²) in [6, 6.07) is 75.9. The Morgan fingerprint density at radius 3 is 0.970 bits per heavy atom. The lowest BCUT2D eigenvalue weighted by Crippen LogP contribution is -2.28. The standard InChI is InChI=1S/C33H22O2.C10H8.2C10H14.C2H6/c34-27-15-11-21-17-25(13-9-23(21)19-27)33(26-14-10-24-20-28(35)16-12-22(24)18-26)31-7-3-1-5-29(31)30-6-2-4-8-32(30)33;1-2-6-10-8-4-3-7-9(10)5-1;2*1-3-9-6-5-7-10(4-2)8-9;1-2/h1-20,34-35H;1-8H;2*5-8H,3-4H2,1-2H3;1-2H3. The molecule has 0 saturated carbocycles. The number of hydrogen-bond acceptors (Lipinski definition) is 2. The summed E-state index contributed by atoms with van der Waals surface area (Å²) in [6.07, 6.45) is 4.59. The topological polar surface area (TPSA) is 40.5 Å². The first-order chi connectivity index (χ1) is 32.8. The molecule has 0 aromatic heterocycles. The highest BCUT2D eigenvalue weighted by Gasteiger charge is 2.46. The molecular formula is C65H64O2. The van der Waals surface area contributed by atoms with Gasteiger partial charge in [0, 0.05) is 0 Å². The van der Waals surface area contributed by atoms with Crippen LogP contribution in [0.5, 0.6) is 11.5 Å².